The van der Waals surface area contributed by atoms with Crippen molar-refractivity contribution in [3.63, 3.8) is 0 Å². The number of imide groups is 1. The van der Waals surface area contributed by atoms with Crippen LogP contribution in [0.2, 0.25) is 0 Å². The molecule has 17 heteroatoms. The molecule has 4 aliphatic heterocycles. The second kappa shape index (κ2) is 13.8. The van der Waals surface area contributed by atoms with E-state index in [0.717, 1.165) is 73.5 Å². The highest BCUT2D eigenvalue weighted by molar-refractivity contribution is 6.13. The third kappa shape index (κ3) is 6.08. The minimum Gasteiger partial charge on any atom is -0.368 e. The van der Waals surface area contributed by atoms with Crippen molar-refractivity contribution in [1.29, 1.82) is 0 Å². The Morgan fingerprint density at radius 3 is 2.36 bits per heavy atom. The number of hydrogen-bond acceptors (Lipinski definition) is 11. The van der Waals surface area contributed by atoms with Crippen LogP contribution in [0.1, 0.15) is 60.6 Å². The van der Waals surface area contributed by atoms with Crippen molar-refractivity contribution in [1.82, 2.24) is 34.6 Å². The van der Waals surface area contributed by atoms with Gasteiger partial charge in [0.15, 0.2) is 0 Å². The zero-order valence-corrected chi connectivity index (χ0v) is 31.2. The summed E-state index contributed by atoms with van der Waals surface area (Å²) in [4.78, 5) is 73.3. The predicted octanol–water partition coefficient (Wildman–Crippen LogP) is 3.64. The fraction of sp³-hybridized carbons (Fsp3) is 0.462. The molecule has 4 fully saturated rings. The van der Waals surface area contributed by atoms with Crippen LogP contribution in [0.25, 0.3) is 11.0 Å². The number of piperidine rings is 1. The number of aromatic nitrogens is 4. The van der Waals surface area contributed by atoms with Gasteiger partial charge in [0.05, 0.1) is 23.1 Å². The average Bonchev–Trinajstić information content (AvgIpc) is 3.88. The summed E-state index contributed by atoms with van der Waals surface area (Å²) in [5.41, 5.74) is 2.29. The van der Waals surface area contributed by atoms with Gasteiger partial charge in [-0.25, -0.2) is 9.97 Å². The monoisotopic (exact) mass is 767 g/mol. The highest BCUT2D eigenvalue weighted by Crippen LogP contribution is 2.51. The van der Waals surface area contributed by atoms with Crippen LogP contribution in [0.15, 0.2) is 48.8 Å². The Bertz CT molecular complexity index is 2230. The first-order valence-electron chi connectivity index (χ1n) is 19.2. The van der Waals surface area contributed by atoms with Crippen molar-refractivity contribution in [2.45, 2.75) is 62.6 Å². The lowest BCUT2D eigenvalue weighted by Gasteiger charge is -2.49. The number of amides is 4. The fourth-order valence-electron chi connectivity index (χ4n) is 8.90. The summed E-state index contributed by atoms with van der Waals surface area (Å²) in [5, 5.41) is 6.23. The third-order valence-corrected chi connectivity index (χ3v) is 11.9. The van der Waals surface area contributed by atoms with E-state index < -0.39 is 29.7 Å². The van der Waals surface area contributed by atoms with Gasteiger partial charge in [-0.3, -0.25) is 34.3 Å². The van der Waals surface area contributed by atoms with Gasteiger partial charge in [-0.05, 0) is 49.6 Å². The van der Waals surface area contributed by atoms with E-state index in [1.165, 1.54) is 6.07 Å². The largest absolute Gasteiger partial charge is 0.368 e. The van der Waals surface area contributed by atoms with Gasteiger partial charge < -0.3 is 24.6 Å². The molecule has 4 amide bonds. The van der Waals surface area contributed by atoms with Crippen molar-refractivity contribution in [3.8, 4) is 0 Å². The first kappa shape index (κ1) is 36.0. The van der Waals surface area contributed by atoms with E-state index in [1.807, 2.05) is 29.3 Å². The molecule has 1 saturated carbocycles. The lowest BCUT2D eigenvalue weighted by atomic mass is 9.99. The zero-order valence-electron chi connectivity index (χ0n) is 31.2. The summed E-state index contributed by atoms with van der Waals surface area (Å²) in [6.45, 7) is 4.18. The van der Waals surface area contributed by atoms with Gasteiger partial charge in [0, 0.05) is 89.1 Å². The molecule has 2 N–H and O–H groups in total. The number of alkyl halides is 2. The molecule has 0 spiro atoms. The highest BCUT2D eigenvalue weighted by atomic mass is 19.3. The van der Waals surface area contributed by atoms with Gasteiger partial charge >= 0.3 is 11.8 Å². The molecule has 56 heavy (non-hydrogen) atoms. The van der Waals surface area contributed by atoms with Crippen molar-refractivity contribution >= 4 is 63.5 Å². The maximum atomic E-state index is 15.6. The number of fused-ring (bicyclic) bond motifs is 2. The van der Waals surface area contributed by atoms with Crippen LogP contribution in [-0.4, -0.2) is 118 Å². The molecular weight excluding hydrogens is 724 g/mol. The van der Waals surface area contributed by atoms with E-state index in [1.54, 1.807) is 37.3 Å². The van der Waals surface area contributed by atoms with Crippen LogP contribution >= 0.6 is 0 Å². The van der Waals surface area contributed by atoms with Crippen LogP contribution in [-0.2, 0) is 20.3 Å². The Kier molecular flexibility index (Phi) is 8.86. The summed E-state index contributed by atoms with van der Waals surface area (Å²) in [7, 11) is 3.51. The van der Waals surface area contributed by atoms with Crippen LogP contribution in [0.4, 0.5) is 37.6 Å². The molecule has 0 radical (unpaired) electrons. The topological polar surface area (TPSA) is 152 Å². The van der Waals surface area contributed by atoms with Gasteiger partial charge in [0.25, 0.3) is 5.91 Å². The van der Waals surface area contributed by atoms with Gasteiger partial charge in [0.2, 0.25) is 17.8 Å². The lowest BCUT2D eigenvalue weighted by Crippen LogP contribution is -2.63. The molecule has 9 rings (SSSR count). The number of piperazine rings is 1. The number of benzene rings is 1. The van der Waals surface area contributed by atoms with Crippen LogP contribution in [0.3, 0.4) is 0 Å². The highest BCUT2D eigenvalue weighted by Gasteiger charge is 2.58. The zero-order chi connectivity index (χ0) is 38.9. The van der Waals surface area contributed by atoms with Crippen LogP contribution in [0.5, 0.6) is 0 Å². The minimum absolute atomic E-state index is 0.00430. The first-order chi connectivity index (χ1) is 27.0. The summed E-state index contributed by atoms with van der Waals surface area (Å²) in [6, 6.07) is 9.71. The number of nitrogens with zero attached hydrogens (tertiary/aromatic N) is 9. The van der Waals surface area contributed by atoms with E-state index in [9.17, 15) is 19.2 Å². The van der Waals surface area contributed by atoms with Gasteiger partial charge in [-0.2, -0.15) is 13.8 Å². The number of nitrogens with one attached hydrogen (secondary N) is 2. The molecule has 292 valence electrons. The van der Waals surface area contributed by atoms with Crippen LogP contribution in [0, 0.1) is 0 Å². The molecule has 1 aromatic carbocycles. The number of anilines is 5. The number of pyridine rings is 1. The molecule has 1 atom stereocenters. The fourth-order valence-corrected chi connectivity index (χ4v) is 8.90. The van der Waals surface area contributed by atoms with Crippen LogP contribution < -0.4 is 25.3 Å². The standard InChI is InChI=1S/C39H43F2N11O4/c1-47(2)36(55)30-18-23-19-43-38(46-34(23)51(30)24-6-3-4-7-24)44-31-12-10-25(20-42-31)48-14-16-49(17-15-48)26-21-50(22-26)27-8-5-9-28-33(27)39(40,41)37(56)52(28)29-11-13-32(53)45-35(29)54/h5,8-10,12,18-20,24,26,29H,3-4,6-7,11,13-17,21-22H2,1-2H3,(H,45,53,54)(H,42,43,44,46). The summed E-state index contributed by atoms with van der Waals surface area (Å²) in [5.74, 6) is -5.49. The van der Waals surface area contributed by atoms with Gasteiger partial charge in [-0.15, -0.1) is 0 Å². The Balaban J connectivity index is 0.824. The Labute approximate surface area is 321 Å². The molecule has 15 nitrogen and oxygen atoms in total. The number of hydrogen-bond donors (Lipinski definition) is 2. The Morgan fingerprint density at radius 2 is 1.66 bits per heavy atom. The van der Waals surface area contributed by atoms with Crippen molar-refractivity contribution < 1.29 is 28.0 Å². The third-order valence-electron chi connectivity index (χ3n) is 11.9. The summed E-state index contributed by atoms with van der Waals surface area (Å²) < 4.78 is 33.3. The number of halogens is 2. The van der Waals surface area contributed by atoms with Gasteiger partial charge in [0.1, 0.15) is 23.2 Å². The molecule has 7 heterocycles. The van der Waals surface area contributed by atoms with Gasteiger partial charge in [-0.1, -0.05) is 18.9 Å². The smallest absolute Gasteiger partial charge is 0.354 e. The van der Waals surface area contributed by atoms with E-state index in [4.69, 9.17) is 4.98 Å². The van der Waals surface area contributed by atoms with E-state index >= 15 is 8.78 Å². The molecule has 3 saturated heterocycles. The van der Waals surface area contributed by atoms with Crippen molar-refractivity contribution in [3.05, 3.63) is 60.0 Å². The maximum absolute atomic E-state index is 15.6. The summed E-state index contributed by atoms with van der Waals surface area (Å²) >= 11 is 0. The average molecular weight is 768 g/mol. The normalized spacial score (nSPS) is 21.8. The van der Waals surface area contributed by atoms with E-state index in [0.29, 0.717) is 36.2 Å². The predicted molar refractivity (Wildman–Crippen MR) is 204 cm³/mol. The molecule has 4 aromatic rings. The molecular formula is C39H43F2N11O4. The Hall–Kier alpha value is -5.71. The van der Waals surface area contributed by atoms with Crippen molar-refractivity contribution in [2.24, 2.45) is 0 Å². The molecule has 1 aliphatic carbocycles. The molecule has 0 bridgehead atoms. The first-order valence-corrected chi connectivity index (χ1v) is 19.2. The quantitative estimate of drug-likeness (QED) is 0.253. The number of carbonyl (C=O) groups is 4. The van der Waals surface area contributed by atoms with Crippen molar-refractivity contribution in [2.75, 3.05) is 73.4 Å². The SMILES string of the molecule is CN(C)C(=O)c1cc2cnc(Nc3ccc(N4CCN(C5CN(c6cccc7c6C(F)(F)C(=O)N7C6CCC(=O)NC6=O)C5)CC4)cn3)nc2n1C1CCCC1. The minimum atomic E-state index is -3.79. The maximum Gasteiger partial charge on any atom is 0.354 e. The number of carbonyl (C=O) groups excluding carboxylic acids is 4. The van der Waals surface area contributed by atoms with E-state index in [-0.39, 0.29) is 42.1 Å². The van der Waals surface area contributed by atoms with E-state index in [2.05, 4.69) is 35.0 Å². The number of rotatable bonds is 8. The second-order valence-electron chi connectivity index (χ2n) is 15.5. The second-order valence-corrected chi connectivity index (χ2v) is 15.5. The Morgan fingerprint density at radius 1 is 0.911 bits per heavy atom. The molecule has 5 aliphatic rings. The summed E-state index contributed by atoms with van der Waals surface area (Å²) in [6.07, 6.45) is 7.82. The molecule has 3 aromatic heterocycles. The molecule has 1 unspecified atom stereocenters. The lowest BCUT2D eigenvalue weighted by molar-refractivity contribution is -0.144.